The molecule has 0 atom stereocenters. The van der Waals surface area contributed by atoms with Crippen molar-refractivity contribution in [1.29, 1.82) is 0 Å². The molecule has 0 unspecified atom stereocenters. The Hall–Kier alpha value is -1.91. The van der Waals surface area contributed by atoms with Gasteiger partial charge in [0, 0.05) is 19.1 Å². The summed E-state index contributed by atoms with van der Waals surface area (Å²) in [5.41, 5.74) is 1.05. The molecular formula is C14H18N2O3. The molecule has 1 heterocycles. The minimum Gasteiger partial charge on any atom is -0.454 e. The van der Waals surface area contributed by atoms with Crippen molar-refractivity contribution in [3.63, 3.8) is 0 Å². The second-order valence-electron chi connectivity index (χ2n) is 4.93. The highest BCUT2D eigenvalue weighted by atomic mass is 16.7. The Balaban J connectivity index is 1.66. The Morgan fingerprint density at radius 1 is 1.37 bits per heavy atom. The second kappa shape index (κ2) is 4.99. The monoisotopic (exact) mass is 262 g/mol. The summed E-state index contributed by atoms with van der Waals surface area (Å²) in [6.45, 7) is 3.54. The Labute approximate surface area is 112 Å². The van der Waals surface area contributed by atoms with Crippen molar-refractivity contribution in [3.8, 4) is 11.5 Å². The fourth-order valence-electron chi connectivity index (χ4n) is 2.08. The number of hydrogen-bond acceptors (Lipinski definition) is 3. The first kappa shape index (κ1) is 12.1. The van der Waals surface area contributed by atoms with Crippen LogP contribution in [0.5, 0.6) is 11.5 Å². The van der Waals surface area contributed by atoms with E-state index in [1.165, 1.54) is 0 Å². The zero-order valence-electron chi connectivity index (χ0n) is 11.0. The topological polar surface area (TPSA) is 50.8 Å². The van der Waals surface area contributed by atoms with Crippen LogP contribution in [-0.4, -0.2) is 30.3 Å². The summed E-state index contributed by atoms with van der Waals surface area (Å²) in [5, 5.41) is 3.01. The molecule has 1 aromatic carbocycles. The highest BCUT2D eigenvalue weighted by molar-refractivity contribution is 5.74. The van der Waals surface area contributed by atoms with Crippen LogP contribution >= 0.6 is 0 Å². The number of rotatable bonds is 4. The van der Waals surface area contributed by atoms with Crippen LogP contribution in [0.15, 0.2) is 18.2 Å². The third kappa shape index (κ3) is 2.75. The third-order valence-electron chi connectivity index (χ3n) is 3.38. The van der Waals surface area contributed by atoms with Crippen LogP contribution in [-0.2, 0) is 6.54 Å². The van der Waals surface area contributed by atoms with Crippen LogP contribution in [0.25, 0.3) is 0 Å². The van der Waals surface area contributed by atoms with Gasteiger partial charge >= 0.3 is 6.03 Å². The minimum absolute atomic E-state index is 0.0164. The average Bonchev–Trinajstić information content (AvgIpc) is 3.10. The largest absolute Gasteiger partial charge is 0.454 e. The quantitative estimate of drug-likeness (QED) is 0.904. The van der Waals surface area contributed by atoms with Crippen LogP contribution < -0.4 is 14.8 Å². The molecule has 1 saturated carbocycles. The first-order chi connectivity index (χ1) is 9.26. The van der Waals surface area contributed by atoms with Crippen LogP contribution in [0.4, 0.5) is 4.79 Å². The van der Waals surface area contributed by atoms with Crippen molar-refractivity contribution in [1.82, 2.24) is 10.2 Å². The number of ether oxygens (including phenoxy) is 2. The smallest absolute Gasteiger partial charge is 0.317 e. The molecule has 0 saturated heterocycles. The van der Waals surface area contributed by atoms with Crippen molar-refractivity contribution in [2.24, 2.45) is 0 Å². The standard InChI is InChI=1S/C14H18N2O3/c1-2-16(14(17)15-11-4-5-11)8-10-3-6-12-13(7-10)19-9-18-12/h3,6-7,11H,2,4-5,8-9H2,1H3,(H,15,17). The predicted octanol–water partition coefficient (Wildman–Crippen LogP) is 2.11. The summed E-state index contributed by atoms with van der Waals surface area (Å²) >= 11 is 0. The number of carbonyl (C=O) groups excluding carboxylic acids is 1. The molecule has 0 aromatic heterocycles. The summed E-state index contributed by atoms with van der Waals surface area (Å²) in [5.74, 6) is 1.53. The minimum atomic E-state index is 0.0164. The van der Waals surface area contributed by atoms with Crippen LogP contribution in [0, 0.1) is 0 Å². The predicted molar refractivity (Wildman–Crippen MR) is 70.2 cm³/mol. The molecule has 19 heavy (non-hydrogen) atoms. The van der Waals surface area contributed by atoms with E-state index in [4.69, 9.17) is 9.47 Å². The number of amides is 2. The number of urea groups is 1. The van der Waals surface area contributed by atoms with Gasteiger partial charge < -0.3 is 19.7 Å². The van der Waals surface area contributed by atoms with E-state index >= 15 is 0 Å². The average molecular weight is 262 g/mol. The van der Waals surface area contributed by atoms with Gasteiger partial charge in [0.1, 0.15) is 0 Å². The lowest BCUT2D eigenvalue weighted by molar-refractivity contribution is 0.173. The molecule has 1 aliphatic heterocycles. The van der Waals surface area contributed by atoms with Gasteiger partial charge in [-0.15, -0.1) is 0 Å². The Morgan fingerprint density at radius 3 is 2.89 bits per heavy atom. The summed E-state index contributed by atoms with van der Waals surface area (Å²) in [7, 11) is 0. The maximum absolute atomic E-state index is 12.0. The van der Waals surface area contributed by atoms with E-state index in [1.807, 2.05) is 25.1 Å². The lowest BCUT2D eigenvalue weighted by Gasteiger charge is -2.21. The molecule has 2 aliphatic rings. The number of carbonyl (C=O) groups is 1. The molecule has 1 aromatic rings. The first-order valence-electron chi connectivity index (χ1n) is 6.70. The van der Waals surface area contributed by atoms with Crippen molar-refractivity contribution in [2.75, 3.05) is 13.3 Å². The van der Waals surface area contributed by atoms with Gasteiger partial charge in [-0.25, -0.2) is 4.79 Å². The molecule has 3 rings (SSSR count). The number of nitrogens with zero attached hydrogens (tertiary/aromatic N) is 1. The van der Waals surface area contributed by atoms with Crippen LogP contribution in [0.2, 0.25) is 0 Å². The first-order valence-corrected chi connectivity index (χ1v) is 6.70. The molecule has 0 spiro atoms. The Bertz CT molecular complexity index is 486. The van der Waals surface area contributed by atoms with Gasteiger partial charge in [0.25, 0.3) is 0 Å². The zero-order chi connectivity index (χ0) is 13.2. The maximum atomic E-state index is 12.0. The van der Waals surface area contributed by atoms with Gasteiger partial charge in [0.15, 0.2) is 11.5 Å². The highest BCUT2D eigenvalue weighted by Crippen LogP contribution is 2.32. The fourth-order valence-corrected chi connectivity index (χ4v) is 2.08. The van der Waals surface area contributed by atoms with E-state index in [0.29, 0.717) is 19.1 Å². The Morgan fingerprint density at radius 2 is 2.16 bits per heavy atom. The molecular weight excluding hydrogens is 244 g/mol. The third-order valence-corrected chi connectivity index (χ3v) is 3.38. The normalized spacial score (nSPS) is 16.3. The van der Waals surface area contributed by atoms with E-state index < -0.39 is 0 Å². The number of hydrogen-bond donors (Lipinski definition) is 1. The lowest BCUT2D eigenvalue weighted by atomic mass is 10.2. The summed E-state index contributed by atoms with van der Waals surface area (Å²) in [4.78, 5) is 13.8. The molecule has 1 aliphatic carbocycles. The molecule has 5 heteroatoms. The van der Waals surface area contributed by atoms with Crippen molar-refractivity contribution < 1.29 is 14.3 Å². The highest BCUT2D eigenvalue weighted by Gasteiger charge is 2.25. The fraction of sp³-hybridized carbons (Fsp3) is 0.500. The molecule has 1 fully saturated rings. The SMILES string of the molecule is CCN(Cc1ccc2c(c1)OCO2)C(=O)NC1CC1. The van der Waals surface area contributed by atoms with Gasteiger partial charge in [-0.3, -0.25) is 0 Å². The van der Waals surface area contributed by atoms with E-state index in [1.54, 1.807) is 4.90 Å². The molecule has 5 nitrogen and oxygen atoms in total. The zero-order valence-corrected chi connectivity index (χ0v) is 11.0. The van der Waals surface area contributed by atoms with Crippen molar-refractivity contribution >= 4 is 6.03 Å². The van der Waals surface area contributed by atoms with Crippen LogP contribution in [0.3, 0.4) is 0 Å². The van der Waals surface area contributed by atoms with E-state index in [2.05, 4.69) is 5.32 Å². The van der Waals surface area contributed by atoms with Crippen LogP contribution in [0.1, 0.15) is 25.3 Å². The molecule has 2 amide bonds. The van der Waals surface area contributed by atoms with E-state index in [9.17, 15) is 4.79 Å². The van der Waals surface area contributed by atoms with E-state index in [-0.39, 0.29) is 12.8 Å². The maximum Gasteiger partial charge on any atom is 0.317 e. The number of nitrogens with one attached hydrogen (secondary N) is 1. The molecule has 0 bridgehead atoms. The molecule has 102 valence electrons. The van der Waals surface area contributed by atoms with E-state index in [0.717, 1.165) is 29.9 Å². The van der Waals surface area contributed by atoms with Crippen molar-refractivity contribution in [3.05, 3.63) is 23.8 Å². The second-order valence-corrected chi connectivity index (χ2v) is 4.93. The van der Waals surface area contributed by atoms with Crippen molar-refractivity contribution in [2.45, 2.75) is 32.4 Å². The van der Waals surface area contributed by atoms with Gasteiger partial charge in [-0.05, 0) is 37.5 Å². The summed E-state index contributed by atoms with van der Waals surface area (Å²) in [6.07, 6.45) is 2.21. The molecule has 0 radical (unpaired) electrons. The summed E-state index contributed by atoms with van der Waals surface area (Å²) in [6, 6.07) is 6.21. The number of fused-ring (bicyclic) bond motifs is 1. The van der Waals surface area contributed by atoms with Gasteiger partial charge in [-0.1, -0.05) is 6.07 Å². The van der Waals surface area contributed by atoms with Gasteiger partial charge in [-0.2, -0.15) is 0 Å². The van der Waals surface area contributed by atoms with Gasteiger partial charge in [0.2, 0.25) is 6.79 Å². The lowest BCUT2D eigenvalue weighted by Crippen LogP contribution is -2.40. The molecule has 1 N–H and O–H groups in total. The van der Waals surface area contributed by atoms with Gasteiger partial charge in [0.05, 0.1) is 0 Å². The summed E-state index contributed by atoms with van der Waals surface area (Å²) < 4.78 is 10.6. The number of benzene rings is 1. The Kier molecular flexibility index (Phi) is 3.19.